The van der Waals surface area contributed by atoms with Gasteiger partial charge in [0.25, 0.3) is 18.1 Å². The standard InChI is InChI=1S/C20H16F2N6O2/c1-10-25-14-5-3-4-13(17(14)30-10)19(29)27(2)16-7-11(16)6-12-8-15(18(21)22)26-20-23-9-24-28(12)20/h3-6,8-9,16,18H,7H2,1-2H3/b11-6-/t16-/m0/s1. The molecule has 0 aliphatic heterocycles. The van der Waals surface area contributed by atoms with E-state index in [0.29, 0.717) is 34.7 Å². The van der Waals surface area contributed by atoms with Crippen molar-refractivity contribution >= 4 is 28.9 Å². The number of hydrogen-bond acceptors (Lipinski definition) is 6. The van der Waals surface area contributed by atoms with Gasteiger partial charge in [-0.05, 0) is 36.3 Å². The van der Waals surface area contributed by atoms with Crippen molar-refractivity contribution in [3.63, 3.8) is 0 Å². The summed E-state index contributed by atoms with van der Waals surface area (Å²) < 4.78 is 33.3. The minimum Gasteiger partial charge on any atom is -0.440 e. The Balaban J connectivity index is 1.44. The Kier molecular flexibility index (Phi) is 4.09. The molecule has 0 spiro atoms. The van der Waals surface area contributed by atoms with Crippen LogP contribution in [0, 0.1) is 6.92 Å². The minimum atomic E-state index is -2.71. The highest BCUT2D eigenvalue weighted by Crippen LogP contribution is 2.37. The van der Waals surface area contributed by atoms with E-state index >= 15 is 0 Å². The summed E-state index contributed by atoms with van der Waals surface area (Å²) in [6.07, 6.45) is 0.938. The second-order valence-electron chi connectivity index (χ2n) is 7.12. The number of likely N-dealkylation sites (N-methyl/N-ethyl adjacent to an activating group) is 1. The van der Waals surface area contributed by atoms with Crippen molar-refractivity contribution in [2.24, 2.45) is 0 Å². The Morgan fingerprint density at radius 2 is 2.20 bits per heavy atom. The molecule has 0 unspecified atom stereocenters. The molecule has 1 fully saturated rings. The molecule has 10 heteroatoms. The highest BCUT2D eigenvalue weighted by atomic mass is 19.3. The molecule has 1 amide bonds. The number of rotatable bonds is 4. The molecule has 1 atom stereocenters. The number of oxazole rings is 1. The number of amides is 1. The van der Waals surface area contributed by atoms with Gasteiger partial charge < -0.3 is 9.32 Å². The topological polar surface area (TPSA) is 89.4 Å². The zero-order valence-electron chi connectivity index (χ0n) is 16.1. The average Bonchev–Trinajstić information content (AvgIpc) is 3.12. The summed E-state index contributed by atoms with van der Waals surface area (Å²) in [5.41, 5.74) is 2.52. The lowest BCUT2D eigenvalue weighted by atomic mass is 10.1. The summed E-state index contributed by atoms with van der Waals surface area (Å²) in [6, 6.07) is 6.40. The Morgan fingerprint density at radius 1 is 1.37 bits per heavy atom. The number of aromatic nitrogens is 5. The van der Waals surface area contributed by atoms with Crippen LogP contribution in [0.4, 0.5) is 8.78 Å². The van der Waals surface area contributed by atoms with Gasteiger partial charge >= 0.3 is 0 Å². The van der Waals surface area contributed by atoms with Crippen molar-refractivity contribution in [2.45, 2.75) is 25.8 Å². The molecule has 1 saturated carbocycles. The van der Waals surface area contributed by atoms with Gasteiger partial charge in [-0.3, -0.25) is 4.79 Å². The predicted molar refractivity (Wildman–Crippen MR) is 103 cm³/mol. The van der Waals surface area contributed by atoms with Gasteiger partial charge in [0.15, 0.2) is 11.5 Å². The maximum absolute atomic E-state index is 13.2. The highest BCUT2D eigenvalue weighted by molar-refractivity contribution is 6.04. The molecule has 0 radical (unpaired) electrons. The molecule has 8 nitrogen and oxygen atoms in total. The number of fused-ring (bicyclic) bond motifs is 2. The molecular weight excluding hydrogens is 394 g/mol. The van der Waals surface area contributed by atoms with E-state index in [1.807, 2.05) is 0 Å². The van der Waals surface area contributed by atoms with E-state index in [0.717, 1.165) is 5.57 Å². The molecule has 0 saturated heterocycles. The summed E-state index contributed by atoms with van der Waals surface area (Å²) >= 11 is 0. The molecule has 30 heavy (non-hydrogen) atoms. The fourth-order valence-corrected chi connectivity index (χ4v) is 3.52. The van der Waals surface area contributed by atoms with Crippen molar-refractivity contribution in [1.82, 2.24) is 29.5 Å². The Morgan fingerprint density at radius 3 is 3.00 bits per heavy atom. The molecule has 1 aliphatic rings. The number of carbonyl (C=O) groups is 1. The summed E-state index contributed by atoms with van der Waals surface area (Å²) in [4.78, 5) is 26.6. The number of alkyl halides is 2. The summed E-state index contributed by atoms with van der Waals surface area (Å²) in [5.74, 6) is 0.400. The first kappa shape index (κ1) is 18.3. The number of benzene rings is 1. The lowest BCUT2D eigenvalue weighted by Gasteiger charge is -2.16. The van der Waals surface area contributed by atoms with E-state index in [2.05, 4.69) is 20.1 Å². The third kappa shape index (κ3) is 3.00. The van der Waals surface area contributed by atoms with Crippen LogP contribution in [0.2, 0.25) is 0 Å². The number of para-hydroxylation sites is 1. The zero-order valence-corrected chi connectivity index (χ0v) is 16.1. The predicted octanol–water partition coefficient (Wildman–Crippen LogP) is 3.44. The average molecular weight is 410 g/mol. The molecule has 152 valence electrons. The monoisotopic (exact) mass is 410 g/mol. The molecule has 3 heterocycles. The fourth-order valence-electron chi connectivity index (χ4n) is 3.52. The maximum atomic E-state index is 13.2. The van der Waals surface area contributed by atoms with Crippen LogP contribution in [0.5, 0.6) is 0 Å². The van der Waals surface area contributed by atoms with Gasteiger partial charge in [0.05, 0.1) is 17.3 Å². The molecule has 0 N–H and O–H groups in total. The molecule has 1 aromatic carbocycles. The number of aryl methyl sites for hydroxylation is 1. The summed E-state index contributed by atoms with van der Waals surface area (Å²) in [6.45, 7) is 1.73. The second-order valence-corrected chi connectivity index (χ2v) is 7.12. The molecule has 4 aromatic rings. The molecule has 3 aromatic heterocycles. The van der Waals surface area contributed by atoms with Crippen molar-refractivity contribution in [3.8, 4) is 0 Å². The van der Waals surface area contributed by atoms with Crippen LogP contribution >= 0.6 is 0 Å². The van der Waals surface area contributed by atoms with Gasteiger partial charge in [-0.2, -0.15) is 14.6 Å². The molecule has 5 rings (SSSR count). The van der Waals surface area contributed by atoms with E-state index in [1.165, 1.54) is 16.9 Å². The van der Waals surface area contributed by atoms with Gasteiger partial charge in [-0.25, -0.2) is 18.7 Å². The van der Waals surface area contributed by atoms with Crippen LogP contribution in [0.25, 0.3) is 23.0 Å². The van der Waals surface area contributed by atoms with Crippen LogP contribution in [-0.2, 0) is 0 Å². The summed E-state index contributed by atoms with van der Waals surface area (Å²) in [7, 11) is 1.71. The van der Waals surface area contributed by atoms with Crippen LogP contribution in [0.1, 0.15) is 40.5 Å². The van der Waals surface area contributed by atoms with Crippen LogP contribution in [0.3, 0.4) is 0 Å². The van der Waals surface area contributed by atoms with E-state index in [4.69, 9.17) is 4.42 Å². The van der Waals surface area contributed by atoms with Crippen molar-refractivity contribution < 1.29 is 18.0 Å². The van der Waals surface area contributed by atoms with Crippen molar-refractivity contribution in [3.05, 3.63) is 59.0 Å². The van der Waals surface area contributed by atoms with E-state index in [9.17, 15) is 13.6 Å². The van der Waals surface area contributed by atoms with E-state index < -0.39 is 6.43 Å². The second kappa shape index (κ2) is 6.68. The largest absolute Gasteiger partial charge is 0.440 e. The number of nitrogens with zero attached hydrogens (tertiary/aromatic N) is 6. The lowest BCUT2D eigenvalue weighted by Crippen LogP contribution is -2.29. The molecule has 0 bridgehead atoms. The van der Waals surface area contributed by atoms with Crippen LogP contribution in [-0.4, -0.2) is 48.5 Å². The van der Waals surface area contributed by atoms with Gasteiger partial charge in [-0.1, -0.05) is 6.07 Å². The Hall–Kier alpha value is -3.69. The zero-order chi connectivity index (χ0) is 21.0. The molecule has 1 aliphatic carbocycles. The third-order valence-corrected chi connectivity index (χ3v) is 5.09. The molecular formula is C20H16F2N6O2. The Bertz CT molecular complexity index is 1330. The van der Waals surface area contributed by atoms with Gasteiger partial charge in [-0.15, -0.1) is 0 Å². The number of carbonyl (C=O) groups excluding carboxylic acids is 1. The highest BCUT2D eigenvalue weighted by Gasteiger charge is 2.37. The lowest BCUT2D eigenvalue weighted by molar-refractivity contribution is 0.0791. The fraction of sp³-hybridized carbons (Fsp3) is 0.250. The first-order chi connectivity index (χ1) is 14.4. The van der Waals surface area contributed by atoms with Crippen molar-refractivity contribution in [1.29, 1.82) is 0 Å². The van der Waals surface area contributed by atoms with Gasteiger partial charge in [0.1, 0.15) is 17.5 Å². The van der Waals surface area contributed by atoms with Crippen LogP contribution in [0.15, 0.2) is 40.6 Å². The van der Waals surface area contributed by atoms with Crippen molar-refractivity contribution in [2.75, 3.05) is 7.05 Å². The quantitative estimate of drug-likeness (QED) is 0.512. The number of halogens is 2. The smallest absolute Gasteiger partial charge is 0.280 e. The van der Waals surface area contributed by atoms with Gasteiger partial charge in [0.2, 0.25) is 0 Å². The number of hydrogen-bond donors (Lipinski definition) is 0. The minimum absolute atomic E-state index is 0.105. The normalized spacial score (nSPS) is 17.4. The van der Waals surface area contributed by atoms with E-state index in [-0.39, 0.29) is 23.4 Å². The Labute approximate surface area is 168 Å². The first-order valence-electron chi connectivity index (χ1n) is 9.25. The SMILES string of the molecule is Cc1nc2cccc(C(=O)N(C)[C@H]3C/C3=C/c3cc(C(F)F)nc4ncnn34)c2o1. The third-order valence-electron chi connectivity index (χ3n) is 5.09. The maximum Gasteiger partial charge on any atom is 0.280 e. The van der Waals surface area contributed by atoms with Gasteiger partial charge in [0, 0.05) is 14.0 Å². The summed E-state index contributed by atoms with van der Waals surface area (Å²) in [5, 5.41) is 4.04. The van der Waals surface area contributed by atoms with Crippen LogP contribution < -0.4 is 0 Å². The van der Waals surface area contributed by atoms with E-state index in [1.54, 1.807) is 43.1 Å². The first-order valence-corrected chi connectivity index (χ1v) is 9.25.